The van der Waals surface area contributed by atoms with Gasteiger partial charge in [-0.2, -0.15) is 0 Å². The highest BCUT2D eigenvalue weighted by atomic mass is 16.3. The molecule has 0 aromatic heterocycles. The number of hydrogen-bond acceptors (Lipinski definition) is 3. The fourth-order valence-corrected chi connectivity index (χ4v) is 2.82. The van der Waals surface area contributed by atoms with Crippen molar-refractivity contribution in [1.29, 1.82) is 0 Å². The minimum atomic E-state index is -1.17. The quantitative estimate of drug-likeness (QED) is 0.262. The number of aliphatic hydroxyl groups is 2. The van der Waals surface area contributed by atoms with Gasteiger partial charge >= 0.3 is 0 Å². The van der Waals surface area contributed by atoms with Gasteiger partial charge in [-0.05, 0) is 32.1 Å². The van der Waals surface area contributed by atoms with Crippen molar-refractivity contribution in [2.75, 3.05) is 6.61 Å². The van der Waals surface area contributed by atoms with Gasteiger partial charge in [0, 0.05) is 6.42 Å². The van der Waals surface area contributed by atoms with Crippen LogP contribution in [-0.2, 0) is 4.79 Å². The predicted octanol–water partition coefficient (Wildman–Crippen LogP) is 5.34. The third kappa shape index (κ3) is 16.2. The van der Waals surface area contributed by atoms with Crippen LogP contribution >= 0.6 is 0 Å². The van der Waals surface area contributed by atoms with Gasteiger partial charge in [0.15, 0.2) is 5.78 Å². The second kappa shape index (κ2) is 18.7. The van der Waals surface area contributed by atoms with E-state index < -0.39 is 12.7 Å². The van der Waals surface area contributed by atoms with Crippen molar-refractivity contribution in [2.24, 2.45) is 0 Å². The molecule has 0 aliphatic heterocycles. The van der Waals surface area contributed by atoms with Gasteiger partial charge in [0.1, 0.15) is 6.10 Å². The lowest BCUT2D eigenvalue weighted by Gasteiger charge is -2.05. The maximum Gasteiger partial charge on any atom is 0.163 e. The molecule has 24 heavy (non-hydrogen) atoms. The lowest BCUT2D eigenvalue weighted by molar-refractivity contribution is -0.129. The Morgan fingerprint density at radius 2 is 1.25 bits per heavy atom. The van der Waals surface area contributed by atoms with Crippen molar-refractivity contribution in [3.8, 4) is 0 Å². The van der Waals surface area contributed by atoms with Gasteiger partial charge in [0.05, 0.1) is 6.61 Å². The van der Waals surface area contributed by atoms with Gasteiger partial charge in [-0.15, -0.1) is 0 Å². The highest BCUT2D eigenvalue weighted by Gasteiger charge is 2.12. The molecule has 3 heteroatoms. The summed E-state index contributed by atoms with van der Waals surface area (Å²) < 4.78 is 0. The second-order valence-corrected chi connectivity index (χ2v) is 6.85. The molecule has 142 valence electrons. The Labute approximate surface area is 149 Å². The highest BCUT2D eigenvalue weighted by molar-refractivity contribution is 5.82. The smallest absolute Gasteiger partial charge is 0.163 e. The largest absolute Gasteiger partial charge is 0.393 e. The van der Waals surface area contributed by atoms with Crippen LogP contribution in [0.15, 0.2) is 12.2 Å². The van der Waals surface area contributed by atoms with Crippen molar-refractivity contribution in [3.05, 3.63) is 12.2 Å². The molecule has 1 atom stereocenters. The number of unbranched alkanes of at least 4 members (excludes halogenated alkanes) is 12. The molecule has 0 amide bonds. The highest BCUT2D eigenvalue weighted by Crippen LogP contribution is 2.11. The van der Waals surface area contributed by atoms with Gasteiger partial charge in [-0.1, -0.05) is 76.9 Å². The monoisotopic (exact) mass is 340 g/mol. The number of carbonyl (C=O) groups is 1. The fraction of sp³-hybridized carbons (Fsp3) is 0.857. The maximum atomic E-state index is 11.3. The first-order valence-electron chi connectivity index (χ1n) is 10.2. The average molecular weight is 341 g/mol. The van der Waals surface area contributed by atoms with E-state index in [1.807, 2.05) is 0 Å². The predicted molar refractivity (Wildman–Crippen MR) is 102 cm³/mol. The molecule has 2 N–H and O–H groups in total. The summed E-state index contributed by atoms with van der Waals surface area (Å²) in [5, 5.41) is 17.8. The van der Waals surface area contributed by atoms with E-state index in [-0.39, 0.29) is 5.78 Å². The number of aliphatic hydroxyl groups excluding tert-OH is 2. The Hall–Kier alpha value is -0.670. The van der Waals surface area contributed by atoms with Crippen molar-refractivity contribution < 1.29 is 15.0 Å². The molecule has 0 aliphatic rings. The normalized spacial score (nSPS) is 12.8. The minimum absolute atomic E-state index is 0.229. The first-order valence-corrected chi connectivity index (χ1v) is 10.2. The molecule has 0 bridgehead atoms. The summed E-state index contributed by atoms with van der Waals surface area (Å²) in [5.74, 6) is -0.229. The molecule has 0 fully saturated rings. The van der Waals surface area contributed by atoms with E-state index in [0.29, 0.717) is 6.42 Å². The molecule has 3 nitrogen and oxygen atoms in total. The lowest BCUT2D eigenvalue weighted by Crippen LogP contribution is -2.23. The Morgan fingerprint density at radius 1 is 0.792 bits per heavy atom. The molecule has 0 rings (SSSR count). The van der Waals surface area contributed by atoms with Gasteiger partial charge < -0.3 is 10.2 Å². The van der Waals surface area contributed by atoms with E-state index >= 15 is 0 Å². The molecular formula is C21H40O3. The molecule has 0 aromatic rings. The number of Topliss-reactive ketones (excluding diaryl/α,β-unsaturated/α-hetero) is 1. The van der Waals surface area contributed by atoms with Gasteiger partial charge in [-0.3, -0.25) is 4.79 Å². The molecule has 1 unspecified atom stereocenters. The van der Waals surface area contributed by atoms with Gasteiger partial charge in [-0.25, -0.2) is 0 Å². The molecular weight excluding hydrogens is 300 g/mol. The second-order valence-electron chi connectivity index (χ2n) is 6.85. The minimum Gasteiger partial charge on any atom is -0.393 e. The molecule has 0 saturated heterocycles. The van der Waals surface area contributed by atoms with Crippen molar-refractivity contribution in [3.63, 3.8) is 0 Å². The van der Waals surface area contributed by atoms with E-state index in [9.17, 15) is 4.79 Å². The lowest BCUT2D eigenvalue weighted by atomic mass is 10.0. The zero-order valence-electron chi connectivity index (χ0n) is 15.8. The molecule has 0 spiro atoms. The summed E-state index contributed by atoms with van der Waals surface area (Å²) in [6, 6.07) is 0. The fourth-order valence-electron chi connectivity index (χ4n) is 2.82. The van der Waals surface area contributed by atoms with Crippen LogP contribution in [0.2, 0.25) is 0 Å². The van der Waals surface area contributed by atoms with Crippen LogP contribution in [0.4, 0.5) is 0 Å². The van der Waals surface area contributed by atoms with Crippen LogP contribution in [0.3, 0.4) is 0 Å². The SMILES string of the molecule is CCCCCCCCC=CCCCCCCCCC(=O)C(O)CO. The average Bonchev–Trinajstić information content (AvgIpc) is 2.60. The zero-order chi connectivity index (χ0) is 17.9. The first kappa shape index (κ1) is 23.3. The van der Waals surface area contributed by atoms with E-state index in [2.05, 4.69) is 19.1 Å². The van der Waals surface area contributed by atoms with Crippen LogP contribution in [0.5, 0.6) is 0 Å². The number of carbonyl (C=O) groups excluding carboxylic acids is 1. The van der Waals surface area contributed by atoms with Crippen LogP contribution in [0, 0.1) is 0 Å². The Balaban J connectivity index is 3.19. The number of allylic oxidation sites excluding steroid dienone is 2. The van der Waals surface area contributed by atoms with E-state index in [1.54, 1.807) is 0 Å². The Bertz CT molecular complexity index is 299. The maximum absolute atomic E-state index is 11.3. The van der Waals surface area contributed by atoms with Gasteiger partial charge in [0.25, 0.3) is 0 Å². The molecule has 0 aromatic carbocycles. The van der Waals surface area contributed by atoms with E-state index in [1.165, 1.54) is 70.6 Å². The summed E-state index contributed by atoms with van der Waals surface area (Å²) in [6.07, 6.45) is 21.3. The standard InChI is InChI=1S/C21H40O3/c1-2-3-4-5-6-7-8-9-10-11-12-13-14-15-16-17-18-20(23)21(24)19-22/h9-10,21-22,24H,2-8,11-19H2,1H3. The topological polar surface area (TPSA) is 57.5 Å². The number of rotatable bonds is 18. The Kier molecular flexibility index (Phi) is 18.1. The van der Waals surface area contributed by atoms with E-state index in [4.69, 9.17) is 10.2 Å². The first-order chi connectivity index (χ1) is 11.7. The van der Waals surface area contributed by atoms with Crippen LogP contribution in [0.1, 0.15) is 103 Å². The Morgan fingerprint density at radius 3 is 1.75 bits per heavy atom. The third-order valence-corrected chi connectivity index (χ3v) is 4.48. The summed E-state index contributed by atoms with van der Waals surface area (Å²) in [7, 11) is 0. The number of hydrogen-bond donors (Lipinski definition) is 2. The molecule has 0 radical (unpaired) electrons. The summed E-state index contributed by atoms with van der Waals surface area (Å²) in [6.45, 7) is 1.80. The van der Waals surface area contributed by atoms with Crippen molar-refractivity contribution >= 4 is 5.78 Å². The van der Waals surface area contributed by atoms with Crippen molar-refractivity contribution in [2.45, 2.75) is 109 Å². The van der Waals surface area contributed by atoms with Crippen molar-refractivity contribution in [1.82, 2.24) is 0 Å². The molecule has 0 heterocycles. The van der Waals surface area contributed by atoms with Crippen LogP contribution < -0.4 is 0 Å². The molecule has 0 aliphatic carbocycles. The van der Waals surface area contributed by atoms with E-state index in [0.717, 1.165) is 19.3 Å². The summed E-state index contributed by atoms with van der Waals surface area (Å²) in [5.41, 5.74) is 0. The van der Waals surface area contributed by atoms with Crippen LogP contribution in [-0.4, -0.2) is 28.7 Å². The summed E-state index contributed by atoms with van der Waals surface area (Å²) in [4.78, 5) is 11.3. The zero-order valence-corrected chi connectivity index (χ0v) is 15.8. The third-order valence-electron chi connectivity index (χ3n) is 4.48. The molecule has 0 saturated carbocycles. The van der Waals surface area contributed by atoms with Crippen LogP contribution in [0.25, 0.3) is 0 Å². The van der Waals surface area contributed by atoms with Gasteiger partial charge in [0.2, 0.25) is 0 Å². The summed E-state index contributed by atoms with van der Waals surface area (Å²) >= 11 is 0. The number of ketones is 1.